The van der Waals surface area contributed by atoms with Gasteiger partial charge in [0.05, 0.1) is 17.3 Å². The van der Waals surface area contributed by atoms with Gasteiger partial charge in [-0.3, -0.25) is 4.79 Å². The van der Waals surface area contributed by atoms with Crippen LogP contribution in [-0.4, -0.2) is 76.9 Å². The van der Waals surface area contributed by atoms with Crippen molar-refractivity contribution in [3.63, 3.8) is 0 Å². The topological polar surface area (TPSA) is 127 Å². The van der Waals surface area contributed by atoms with Crippen LogP contribution in [0.1, 0.15) is 96.0 Å². The fourth-order valence-corrected chi connectivity index (χ4v) is 10.5. The number of fused-ring (bicyclic) bond motifs is 5. The maximum Gasteiger partial charge on any atom is 0.410 e. The van der Waals surface area contributed by atoms with E-state index in [4.69, 9.17) is 13.9 Å². The van der Waals surface area contributed by atoms with Crippen LogP contribution in [0.3, 0.4) is 0 Å². The molecule has 4 saturated carbocycles. The average Bonchev–Trinajstić information content (AvgIpc) is 3.79. The van der Waals surface area contributed by atoms with Crippen molar-refractivity contribution in [2.45, 2.75) is 108 Å². The first-order valence-corrected chi connectivity index (χ1v) is 16.8. The minimum Gasteiger partial charge on any atom is -0.446 e. The highest BCUT2D eigenvalue weighted by molar-refractivity contribution is 5.94. The van der Waals surface area contributed by atoms with E-state index in [9.17, 15) is 24.3 Å². The number of aliphatic hydroxyl groups is 1. The highest BCUT2D eigenvalue weighted by Crippen LogP contribution is 2.70. The third kappa shape index (κ3) is 4.44. The summed E-state index contributed by atoms with van der Waals surface area (Å²) in [6.45, 7) is 6.77. The van der Waals surface area contributed by atoms with E-state index in [1.807, 2.05) is 6.92 Å². The van der Waals surface area contributed by atoms with Crippen molar-refractivity contribution in [3.05, 3.63) is 34.4 Å². The van der Waals surface area contributed by atoms with Gasteiger partial charge in [-0.2, -0.15) is 0 Å². The number of Topliss-reactive ketones (excluding diaryl/α,β-unsaturated/α-hetero) is 1. The first-order valence-electron chi connectivity index (χ1n) is 16.8. The van der Waals surface area contributed by atoms with Crippen LogP contribution in [0.5, 0.6) is 0 Å². The molecule has 0 unspecified atom stereocenters. The van der Waals surface area contributed by atoms with Gasteiger partial charge in [0.25, 0.3) is 0 Å². The third-order valence-corrected chi connectivity index (χ3v) is 13.0. The van der Waals surface area contributed by atoms with Crippen molar-refractivity contribution in [3.8, 4) is 0 Å². The summed E-state index contributed by atoms with van der Waals surface area (Å²) in [5.74, 6) is -1.02. The molecule has 0 spiro atoms. The van der Waals surface area contributed by atoms with Gasteiger partial charge < -0.3 is 28.8 Å². The van der Waals surface area contributed by atoms with Crippen molar-refractivity contribution < 1.29 is 33.4 Å². The SMILES string of the molecule is C[C@]12CC[C@H](OC(=O)N3CCCC3)C[C@H]1CC[C@@H]1[C@@H]2[C@H](OC(=O)N2CCCC2)C(=O)[C@]2(C)[C@@H](c3ccc(=O)oc3)CC[C@]12O. The molecule has 44 heavy (non-hydrogen) atoms. The zero-order chi connectivity index (χ0) is 30.9. The van der Waals surface area contributed by atoms with E-state index in [0.717, 1.165) is 51.6 Å². The zero-order valence-corrected chi connectivity index (χ0v) is 26.0. The van der Waals surface area contributed by atoms with E-state index < -0.39 is 28.8 Å². The summed E-state index contributed by atoms with van der Waals surface area (Å²) in [5, 5.41) is 12.7. The Hall–Kier alpha value is -2.88. The molecular formula is C34H46N2O8. The summed E-state index contributed by atoms with van der Waals surface area (Å²) in [6.07, 6.45) is 8.08. The molecule has 1 N–H and O–H groups in total. The van der Waals surface area contributed by atoms with Gasteiger partial charge in [-0.1, -0.05) is 6.92 Å². The van der Waals surface area contributed by atoms with Crippen LogP contribution in [0.2, 0.25) is 0 Å². The zero-order valence-electron chi connectivity index (χ0n) is 26.0. The molecule has 2 amide bonds. The van der Waals surface area contributed by atoms with E-state index in [0.29, 0.717) is 50.8 Å². The number of likely N-dealkylation sites (tertiary alicyclic amines) is 2. The number of rotatable bonds is 3. The van der Waals surface area contributed by atoms with Gasteiger partial charge in [0.1, 0.15) is 6.10 Å². The number of hydrogen-bond donors (Lipinski definition) is 1. The lowest BCUT2D eigenvalue weighted by Gasteiger charge is -2.64. The molecule has 1 aromatic heterocycles. The summed E-state index contributed by atoms with van der Waals surface area (Å²) >= 11 is 0. The highest BCUT2D eigenvalue weighted by Gasteiger charge is 2.74. The Balaban J connectivity index is 1.22. The molecule has 2 saturated heterocycles. The molecule has 1 aromatic rings. The number of carbonyl (C=O) groups excluding carboxylic acids is 3. The standard InChI is InChI=1S/C34H46N2O8/c1-32-13-11-23(43-30(39)35-15-3-4-16-35)19-22(32)8-9-25-27(32)28(44-31(40)36-17-5-6-18-36)29(38)33(2)24(12-14-34(25,33)41)21-7-10-26(37)42-20-21/h7,10,20,22-25,27-28,41H,3-6,8-9,11-19H2,1-2H3/t22-,23+,24-,25-,27-,28+,32+,33+,34+/m1/s1. The summed E-state index contributed by atoms with van der Waals surface area (Å²) in [4.78, 5) is 56.6. The molecule has 0 radical (unpaired) electrons. The van der Waals surface area contributed by atoms with Crippen molar-refractivity contribution >= 4 is 18.0 Å². The molecule has 4 aliphatic carbocycles. The summed E-state index contributed by atoms with van der Waals surface area (Å²) in [5.41, 5.74) is -2.64. The molecule has 9 atom stereocenters. The van der Waals surface area contributed by atoms with Crippen molar-refractivity contribution in [1.82, 2.24) is 9.80 Å². The number of ketones is 1. The lowest BCUT2D eigenvalue weighted by atomic mass is 9.42. The van der Waals surface area contributed by atoms with Crippen LogP contribution in [0.4, 0.5) is 9.59 Å². The molecule has 10 heteroatoms. The third-order valence-electron chi connectivity index (χ3n) is 13.0. The van der Waals surface area contributed by atoms with E-state index in [1.165, 1.54) is 12.3 Å². The molecule has 0 aromatic carbocycles. The molecule has 6 aliphatic rings. The Morgan fingerprint density at radius 2 is 1.55 bits per heavy atom. The number of carbonyl (C=O) groups is 3. The second-order valence-corrected chi connectivity index (χ2v) is 14.9. The fraction of sp³-hybridized carbons (Fsp3) is 0.765. The lowest BCUT2D eigenvalue weighted by Crippen LogP contribution is -2.71. The predicted molar refractivity (Wildman–Crippen MR) is 159 cm³/mol. The van der Waals surface area contributed by atoms with Crippen molar-refractivity contribution in [2.24, 2.45) is 28.6 Å². The van der Waals surface area contributed by atoms with Crippen LogP contribution < -0.4 is 5.63 Å². The van der Waals surface area contributed by atoms with Crippen LogP contribution in [-0.2, 0) is 14.3 Å². The Morgan fingerprint density at radius 3 is 2.18 bits per heavy atom. The molecule has 240 valence electrons. The monoisotopic (exact) mass is 610 g/mol. The summed E-state index contributed by atoms with van der Waals surface area (Å²) < 4.78 is 17.5. The lowest BCUT2D eigenvalue weighted by molar-refractivity contribution is -0.228. The van der Waals surface area contributed by atoms with Gasteiger partial charge in [-0.05, 0) is 106 Å². The molecule has 3 heterocycles. The Morgan fingerprint density at radius 1 is 0.886 bits per heavy atom. The van der Waals surface area contributed by atoms with Crippen molar-refractivity contribution in [1.29, 1.82) is 0 Å². The largest absolute Gasteiger partial charge is 0.446 e. The second-order valence-electron chi connectivity index (χ2n) is 14.9. The molecule has 2 aliphatic heterocycles. The van der Waals surface area contributed by atoms with E-state index in [2.05, 4.69) is 6.92 Å². The number of nitrogens with zero attached hydrogens (tertiary/aromatic N) is 2. The molecule has 7 rings (SSSR count). The van der Waals surface area contributed by atoms with Gasteiger partial charge in [-0.15, -0.1) is 0 Å². The second kappa shape index (κ2) is 10.9. The summed E-state index contributed by atoms with van der Waals surface area (Å²) in [6, 6.07) is 3.05. The Kier molecular flexibility index (Phi) is 7.37. The van der Waals surface area contributed by atoms with E-state index >= 15 is 0 Å². The molecule has 10 nitrogen and oxygen atoms in total. The first-order chi connectivity index (χ1) is 21.1. The number of amides is 2. The van der Waals surface area contributed by atoms with Gasteiger partial charge in [0.2, 0.25) is 0 Å². The minimum atomic E-state index is -1.29. The van der Waals surface area contributed by atoms with Gasteiger partial charge in [-0.25, -0.2) is 14.4 Å². The Bertz CT molecular complexity index is 1350. The van der Waals surface area contributed by atoms with Gasteiger partial charge in [0, 0.05) is 44.1 Å². The van der Waals surface area contributed by atoms with Crippen LogP contribution in [0.15, 0.2) is 27.6 Å². The van der Waals surface area contributed by atoms with Crippen LogP contribution >= 0.6 is 0 Å². The maximum atomic E-state index is 14.9. The fourth-order valence-electron chi connectivity index (χ4n) is 10.5. The number of hydrogen-bond acceptors (Lipinski definition) is 8. The van der Waals surface area contributed by atoms with Crippen LogP contribution in [0.25, 0.3) is 0 Å². The first kappa shape index (κ1) is 29.8. The minimum absolute atomic E-state index is 0.170. The van der Waals surface area contributed by atoms with Gasteiger partial charge >= 0.3 is 17.8 Å². The normalized spacial score (nSPS) is 41.6. The van der Waals surface area contributed by atoms with Crippen molar-refractivity contribution in [2.75, 3.05) is 26.2 Å². The predicted octanol–water partition coefficient (Wildman–Crippen LogP) is 4.87. The average molecular weight is 611 g/mol. The molecule has 0 bridgehead atoms. The maximum absolute atomic E-state index is 14.9. The van der Waals surface area contributed by atoms with Crippen LogP contribution in [0, 0.1) is 28.6 Å². The molecule has 6 fully saturated rings. The van der Waals surface area contributed by atoms with E-state index in [1.54, 1.807) is 15.9 Å². The molecular weight excluding hydrogens is 564 g/mol. The van der Waals surface area contributed by atoms with Gasteiger partial charge in [0.15, 0.2) is 11.9 Å². The highest BCUT2D eigenvalue weighted by atomic mass is 16.6. The summed E-state index contributed by atoms with van der Waals surface area (Å²) in [7, 11) is 0. The number of ether oxygens (including phenoxy) is 2. The Labute approximate surface area is 258 Å². The van der Waals surface area contributed by atoms with E-state index in [-0.39, 0.29) is 47.1 Å². The smallest absolute Gasteiger partial charge is 0.410 e. The quantitative estimate of drug-likeness (QED) is 0.514.